The highest BCUT2D eigenvalue weighted by Gasteiger charge is 2.74. The molecule has 0 aromatic heterocycles. The number of fused-ring (bicyclic) bond motifs is 4. The van der Waals surface area contributed by atoms with Crippen LogP contribution in [0.3, 0.4) is 0 Å². The van der Waals surface area contributed by atoms with Gasteiger partial charge in [0, 0.05) is 16.5 Å². The molecule has 2 fully saturated rings. The average molecular weight is 411 g/mol. The molecule has 0 saturated carbocycles. The zero-order valence-corrected chi connectivity index (χ0v) is 16.8. The molecular weight excluding hydrogens is 390 g/mol. The summed E-state index contributed by atoms with van der Waals surface area (Å²) in [7, 11) is 0. The third-order valence-corrected chi connectivity index (χ3v) is 6.78. The summed E-state index contributed by atoms with van der Waals surface area (Å²) in [5.41, 5.74) is 0.804. The lowest BCUT2D eigenvalue weighted by atomic mass is 9.76. The maximum Gasteiger partial charge on any atom is 0.291 e. The number of nitrogens with two attached hydrogens (primary N) is 1. The molecule has 0 aliphatic carbocycles. The molecule has 2 aromatic carbocycles. The Balaban J connectivity index is 1.70. The first-order chi connectivity index (χ1) is 13.9. The highest BCUT2D eigenvalue weighted by molar-refractivity contribution is 6.31. The minimum atomic E-state index is -1.13. The summed E-state index contributed by atoms with van der Waals surface area (Å²) >= 11 is 6.11. The van der Waals surface area contributed by atoms with Gasteiger partial charge in [-0.15, -0.1) is 0 Å². The van der Waals surface area contributed by atoms with E-state index in [-0.39, 0.29) is 29.7 Å². The molecule has 3 N–H and O–H groups in total. The van der Waals surface area contributed by atoms with Crippen LogP contribution in [-0.2, 0) is 19.9 Å². The van der Waals surface area contributed by atoms with E-state index in [1.807, 2.05) is 43.4 Å². The number of nitrogens with one attached hydrogen (secondary N) is 1. The van der Waals surface area contributed by atoms with Crippen molar-refractivity contribution in [1.82, 2.24) is 0 Å². The summed E-state index contributed by atoms with van der Waals surface area (Å²) < 4.78 is 0. The lowest BCUT2D eigenvalue weighted by Gasteiger charge is -2.27. The van der Waals surface area contributed by atoms with Crippen LogP contribution in [0.25, 0.3) is 0 Å². The number of amides is 3. The number of anilines is 2. The summed E-state index contributed by atoms with van der Waals surface area (Å²) in [5.74, 6) is -2.05. The van der Waals surface area contributed by atoms with Gasteiger partial charge in [0.1, 0.15) is 17.9 Å². The van der Waals surface area contributed by atoms with Gasteiger partial charge in [0.15, 0.2) is 0 Å². The molecular formula is C22H21ClN3O3+. The van der Waals surface area contributed by atoms with Gasteiger partial charge in [0.2, 0.25) is 17.4 Å². The van der Waals surface area contributed by atoms with Crippen LogP contribution in [0.2, 0.25) is 5.02 Å². The van der Waals surface area contributed by atoms with Crippen molar-refractivity contribution < 1.29 is 19.7 Å². The fraction of sp³-hybridized carbons (Fsp3) is 0.318. The highest BCUT2D eigenvalue weighted by Crippen LogP contribution is 2.50. The van der Waals surface area contributed by atoms with Crippen molar-refractivity contribution in [2.45, 2.75) is 25.4 Å². The van der Waals surface area contributed by atoms with Gasteiger partial charge in [-0.2, -0.15) is 0 Å². The number of hydrogen-bond acceptors (Lipinski definition) is 3. The molecule has 3 amide bonds. The number of carbonyl (C=O) groups is 3. The lowest BCUT2D eigenvalue weighted by Crippen LogP contribution is -2.99. The number of imide groups is 1. The third-order valence-electron chi connectivity index (χ3n) is 6.54. The van der Waals surface area contributed by atoms with E-state index in [1.54, 1.807) is 24.3 Å². The van der Waals surface area contributed by atoms with Crippen LogP contribution in [0.4, 0.5) is 11.4 Å². The molecule has 6 nitrogen and oxygen atoms in total. The number of benzene rings is 2. The first kappa shape index (κ1) is 18.3. The largest absolute Gasteiger partial charge is 0.326 e. The Labute approximate surface area is 173 Å². The van der Waals surface area contributed by atoms with Crippen molar-refractivity contribution in [2.75, 3.05) is 10.2 Å². The minimum Gasteiger partial charge on any atom is -0.326 e. The van der Waals surface area contributed by atoms with E-state index in [1.165, 1.54) is 4.90 Å². The van der Waals surface area contributed by atoms with Crippen LogP contribution in [-0.4, -0.2) is 23.8 Å². The van der Waals surface area contributed by atoms with E-state index in [2.05, 4.69) is 5.32 Å². The van der Waals surface area contributed by atoms with E-state index >= 15 is 0 Å². The molecule has 148 valence electrons. The van der Waals surface area contributed by atoms with Crippen LogP contribution in [0.1, 0.15) is 19.4 Å². The van der Waals surface area contributed by atoms with Crippen molar-refractivity contribution in [2.24, 2.45) is 17.8 Å². The fourth-order valence-corrected chi connectivity index (χ4v) is 5.51. The maximum absolute atomic E-state index is 13.7. The number of quaternary nitrogens is 1. The molecule has 0 radical (unpaired) electrons. The Hall–Kier alpha value is -2.70. The van der Waals surface area contributed by atoms with Gasteiger partial charge < -0.3 is 10.6 Å². The average Bonchev–Trinajstić information content (AvgIpc) is 3.27. The topological polar surface area (TPSA) is 83.1 Å². The molecule has 5 rings (SSSR count). The molecule has 29 heavy (non-hydrogen) atoms. The highest BCUT2D eigenvalue weighted by atomic mass is 35.5. The molecule has 3 aliphatic rings. The summed E-state index contributed by atoms with van der Waals surface area (Å²) in [4.78, 5) is 41.6. The third kappa shape index (κ3) is 2.30. The standard InChI is InChI=1S/C22H20ClN3O3/c1-11(2)18-16-17(20(28)26(19(16)27)13-7-5-6-12(23)10-13)22(25-18)14-8-3-4-9-15(14)24-21(22)29/h3-11,16-18,25H,1-2H3,(H,24,29)/p+1/t16-,17-,18-,22-/m0/s1. The van der Waals surface area contributed by atoms with Crippen LogP contribution >= 0.6 is 11.6 Å². The van der Waals surface area contributed by atoms with E-state index in [4.69, 9.17) is 11.6 Å². The first-order valence-corrected chi connectivity index (χ1v) is 10.1. The number of hydrogen-bond donors (Lipinski definition) is 2. The molecule has 2 saturated heterocycles. The molecule has 0 unspecified atom stereocenters. The second kappa shape index (κ2) is 6.15. The number of halogens is 1. The van der Waals surface area contributed by atoms with Crippen molar-refractivity contribution in [3.05, 3.63) is 59.1 Å². The van der Waals surface area contributed by atoms with Gasteiger partial charge >= 0.3 is 0 Å². The lowest BCUT2D eigenvalue weighted by molar-refractivity contribution is -0.738. The Bertz CT molecular complexity index is 1070. The first-order valence-electron chi connectivity index (χ1n) is 9.76. The molecule has 1 spiro atoms. The van der Waals surface area contributed by atoms with E-state index < -0.39 is 17.4 Å². The van der Waals surface area contributed by atoms with Crippen molar-refractivity contribution in [3.63, 3.8) is 0 Å². The van der Waals surface area contributed by atoms with Crippen LogP contribution in [0.5, 0.6) is 0 Å². The SMILES string of the molecule is CC(C)[C@@H]1[NH2+][C@]2(C(=O)Nc3ccccc32)[C@@H]2C(=O)N(c3cccc(Cl)c3)C(=O)[C@@H]21. The smallest absolute Gasteiger partial charge is 0.291 e. The van der Waals surface area contributed by atoms with Gasteiger partial charge in [0.25, 0.3) is 5.91 Å². The van der Waals surface area contributed by atoms with Crippen LogP contribution in [0.15, 0.2) is 48.5 Å². The second-order valence-electron chi connectivity index (χ2n) is 8.35. The summed E-state index contributed by atoms with van der Waals surface area (Å²) in [5, 5.41) is 5.34. The Kier molecular flexibility index (Phi) is 3.89. The number of rotatable bonds is 2. The number of nitrogens with zero attached hydrogens (tertiary/aromatic N) is 1. The molecule has 4 atom stereocenters. The maximum atomic E-state index is 13.7. The summed E-state index contributed by atoms with van der Waals surface area (Å²) in [6.45, 7) is 4.05. The number of carbonyl (C=O) groups excluding carboxylic acids is 3. The summed E-state index contributed by atoms with van der Waals surface area (Å²) in [6, 6.07) is 14.0. The van der Waals surface area contributed by atoms with Crippen molar-refractivity contribution >= 4 is 40.7 Å². The molecule has 7 heteroatoms. The van der Waals surface area contributed by atoms with Gasteiger partial charge in [-0.25, -0.2) is 4.90 Å². The Morgan fingerprint density at radius 1 is 1.07 bits per heavy atom. The van der Waals surface area contributed by atoms with E-state index in [0.29, 0.717) is 16.4 Å². The molecule has 2 aromatic rings. The van der Waals surface area contributed by atoms with Crippen LogP contribution < -0.4 is 15.5 Å². The zero-order chi connectivity index (χ0) is 20.5. The Morgan fingerprint density at radius 2 is 1.83 bits per heavy atom. The van der Waals surface area contributed by atoms with E-state index in [0.717, 1.165) is 5.56 Å². The molecule has 0 bridgehead atoms. The fourth-order valence-electron chi connectivity index (χ4n) is 5.32. The predicted molar refractivity (Wildman–Crippen MR) is 108 cm³/mol. The van der Waals surface area contributed by atoms with Gasteiger partial charge in [-0.05, 0) is 24.3 Å². The molecule has 3 aliphatic heterocycles. The van der Waals surface area contributed by atoms with Gasteiger partial charge in [-0.3, -0.25) is 14.4 Å². The molecule has 3 heterocycles. The summed E-state index contributed by atoms with van der Waals surface area (Å²) in [6.07, 6.45) is 0. The normalized spacial score (nSPS) is 30.3. The number of para-hydroxylation sites is 1. The van der Waals surface area contributed by atoms with E-state index in [9.17, 15) is 14.4 Å². The second-order valence-corrected chi connectivity index (χ2v) is 8.79. The van der Waals surface area contributed by atoms with Gasteiger partial charge in [-0.1, -0.05) is 49.7 Å². The van der Waals surface area contributed by atoms with Crippen molar-refractivity contribution in [1.29, 1.82) is 0 Å². The minimum absolute atomic E-state index is 0.110. The van der Waals surface area contributed by atoms with Crippen molar-refractivity contribution in [3.8, 4) is 0 Å². The zero-order valence-electron chi connectivity index (χ0n) is 16.1. The Morgan fingerprint density at radius 3 is 2.55 bits per heavy atom. The monoisotopic (exact) mass is 410 g/mol. The quantitative estimate of drug-likeness (QED) is 0.742. The predicted octanol–water partition coefficient (Wildman–Crippen LogP) is 1.89. The van der Waals surface area contributed by atoms with Gasteiger partial charge in [0.05, 0.1) is 11.4 Å². The van der Waals surface area contributed by atoms with Crippen LogP contribution in [0, 0.1) is 17.8 Å².